The minimum absolute atomic E-state index is 0. The van der Waals surface area contributed by atoms with Gasteiger partial charge >= 0.3 is 0 Å². The summed E-state index contributed by atoms with van der Waals surface area (Å²) < 4.78 is 11.7. The molecule has 0 aliphatic heterocycles. The van der Waals surface area contributed by atoms with Gasteiger partial charge in [-0.15, -0.1) is 35.3 Å². The Balaban J connectivity index is 0.00000300. The van der Waals surface area contributed by atoms with Crippen LogP contribution in [-0.2, 0) is 13.1 Å². The minimum Gasteiger partial charge on any atom is -0.493 e. The molecule has 1 aliphatic carbocycles. The van der Waals surface area contributed by atoms with Crippen molar-refractivity contribution in [3.05, 3.63) is 39.8 Å². The van der Waals surface area contributed by atoms with Crippen LogP contribution in [0.3, 0.4) is 0 Å². The van der Waals surface area contributed by atoms with Crippen LogP contribution in [0.1, 0.15) is 41.9 Å². The smallest absolute Gasteiger partial charge is 0.194 e. The van der Waals surface area contributed by atoms with Crippen molar-refractivity contribution in [2.75, 3.05) is 21.2 Å². The summed E-state index contributed by atoms with van der Waals surface area (Å²) in [6.45, 7) is 3.41. The topological polar surface area (TPSA) is 59.0 Å². The molecule has 29 heavy (non-hydrogen) atoms. The third kappa shape index (κ3) is 6.74. The van der Waals surface area contributed by atoms with Gasteiger partial charge in [0, 0.05) is 26.0 Å². The minimum atomic E-state index is 0. The highest BCUT2D eigenvalue weighted by Crippen LogP contribution is 2.32. The molecule has 0 radical (unpaired) electrons. The highest BCUT2D eigenvalue weighted by atomic mass is 127. The fraction of sp³-hybridized carbons (Fsp3) is 0.524. The maximum atomic E-state index is 6.12. The molecule has 1 aliphatic rings. The van der Waals surface area contributed by atoms with E-state index in [1.807, 2.05) is 26.1 Å². The molecule has 0 bridgehead atoms. The van der Waals surface area contributed by atoms with E-state index in [0.29, 0.717) is 12.6 Å². The van der Waals surface area contributed by atoms with Crippen LogP contribution in [-0.4, -0.2) is 43.2 Å². The molecule has 160 valence electrons. The highest BCUT2D eigenvalue weighted by Gasteiger charge is 2.18. The fourth-order valence-electron chi connectivity index (χ4n) is 3.47. The molecule has 1 fully saturated rings. The lowest BCUT2D eigenvalue weighted by atomic mass is 10.2. The molecule has 1 aromatic heterocycles. The molecule has 2 aromatic rings. The molecule has 8 heteroatoms. The van der Waals surface area contributed by atoms with Gasteiger partial charge in [0.1, 0.15) is 0 Å². The van der Waals surface area contributed by atoms with Crippen LogP contribution < -0.4 is 14.8 Å². The number of hydrogen-bond acceptors (Lipinski definition) is 5. The van der Waals surface area contributed by atoms with Crippen LogP contribution in [0, 0.1) is 6.92 Å². The van der Waals surface area contributed by atoms with Gasteiger partial charge < -0.3 is 19.7 Å². The van der Waals surface area contributed by atoms with Crippen molar-refractivity contribution in [1.29, 1.82) is 0 Å². The molecule has 0 amide bonds. The summed E-state index contributed by atoms with van der Waals surface area (Å²) in [7, 11) is 5.50. The van der Waals surface area contributed by atoms with Gasteiger partial charge in [-0.2, -0.15) is 0 Å². The lowest BCUT2D eigenvalue weighted by Gasteiger charge is -2.21. The summed E-state index contributed by atoms with van der Waals surface area (Å²) in [6, 6.07) is 6.13. The molecule has 1 heterocycles. The third-order valence-corrected chi connectivity index (χ3v) is 5.74. The van der Waals surface area contributed by atoms with Gasteiger partial charge in [-0.3, -0.25) is 4.99 Å². The molecule has 0 saturated heterocycles. The van der Waals surface area contributed by atoms with Crippen LogP contribution in [0.4, 0.5) is 0 Å². The number of halogens is 1. The van der Waals surface area contributed by atoms with E-state index in [-0.39, 0.29) is 24.0 Å². The Kier molecular flexibility index (Phi) is 9.48. The number of guanidine groups is 1. The molecule has 1 N–H and O–H groups in total. The molecule has 6 nitrogen and oxygen atoms in total. The molecular weight excluding hydrogens is 499 g/mol. The first-order valence-corrected chi connectivity index (χ1v) is 10.6. The Morgan fingerprint density at radius 1 is 1.31 bits per heavy atom. The molecule has 0 atom stereocenters. The van der Waals surface area contributed by atoms with Crippen molar-refractivity contribution in [3.8, 4) is 11.5 Å². The Hall–Kier alpha value is -1.55. The molecular formula is C21H31IN4O2S. The van der Waals surface area contributed by atoms with E-state index in [4.69, 9.17) is 9.47 Å². The van der Waals surface area contributed by atoms with Gasteiger partial charge in [0.05, 0.1) is 30.5 Å². The molecule has 0 spiro atoms. The summed E-state index contributed by atoms with van der Waals surface area (Å²) in [4.78, 5) is 11.0. The summed E-state index contributed by atoms with van der Waals surface area (Å²) >= 11 is 1.67. The van der Waals surface area contributed by atoms with Crippen molar-refractivity contribution in [1.82, 2.24) is 15.2 Å². The number of nitrogens with one attached hydrogen (secondary N) is 1. The SMILES string of the molecule is CN=C(NCc1ccc(OC2CCCC2)c(OC)c1)N(C)Cc1csc(C)n1.I. The summed E-state index contributed by atoms with van der Waals surface area (Å²) in [5.74, 6) is 2.45. The first-order valence-electron chi connectivity index (χ1n) is 9.75. The second kappa shape index (κ2) is 11.6. The number of aromatic nitrogens is 1. The normalized spacial score (nSPS) is 14.4. The maximum absolute atomic E-state index is 6.12. The number of nitrogens with zero attached hydrogens (tertiary/aromatic N) is 3. The van der Waals surface area contributed by atoms with E-state index in [2.05, 4.69) is 31.6 Å². The van der Waals surface area contributed by atoms with E-state index < -0.39 is 0 Å². The number of hydrogen-bond donors (Lipinski definition) is 1. The van der Waals surface area contributed by atoms with Crippen LogP contribution in [0.25, 0.3) is 0 Å². The molecule has 3 rings (SSSR count). The number of benzene rings is 1. The predicted octanol–water partition coefficient (Wildman–Crippen LogP) is 4.61. The van der Waals surface area contributed by atoms with Crippen LogP contribution in [0.2, 0.25) is 0 Å². The largest absolute Gasteiger partial charge is 0.493 e. The average molecular weight is 530 g/mol. The van der Waals surface area contributed by atoms with E-state index >= 15 is 0 Å². The van der Waals surface area contributed by atoms with Gasteiger partial charge in [-0.1, -0.05) is 6.07 Å². The first-order chi connectivity index (χ1) is 13.6. The van der Waals surface area contributed by atoms with Crippen LogP contribution in [0.5, 0.6) is 11.5 Å². The Morgan fingerprint density at radius 2 is 2.07 bits per heavy atom. The van der Waals surface area contributed by atoms with E-state index in [9.17, 15) is 0 Å². The quantitative estimate of drug-likeness (QED) is 0.322. The Bertz CT molecular complexity index is 806. The zero-order valence-electron chi connectivity index (χ0n) is 17.6. The lowest BCUT2D eigenvalue weighted by molar-refractivity contribution is 0.200. The number of thiazole rings is 1. The second-order valence-electron chi connectivity index (χ2n) is 7.12. The Labute approximate surface area is 194 Å². The zero-order valence-corrected chi connectivity index (χ0v) is 20.8. The molecule has 1 saturated carbocycles. The fourth-order valence-corrected chi connectivity index (χ4v) is 4.07. The van der Waals surface area contributed by atoms with Gasteiger partial charge in [0.15, 0.2) is 17.5 Å². The van der Waals surface area contributed by atoms with Crippen LogP contribution in [0.15, 0.2) is 28.6 Å². The van der Waals surface area contributed by atoms with Crippen molar-refractivity contribution >= 4 is 41.3 Å². The van der Waals surface area contributed by atoms with Gasteiger partial charge in [-0.05, 0) is 50.3 Å². The van der Waals surface area contributed by atoms with E-state index in [0.717, 1.165) is 53.1 Å². The standard InChI is InChI=1S/C21H30N4O2S.HI/c1-15-24-17(14-28-15)13-25(3)21(22-2)23-12-16-9-10-19(20(11-16)26-4)27-18-7-5-6-8-18;/h9-11,14,18H,5-8,12-13H2,1-4H3,(H,22,23);1H. The highest BCUT2D eigenvalue weighted by molar-refractivity contribution is 14.0. The van der Waals surface area contributed by atoms with Crippen molar-refractivity contribution < 1.29 is 9.47 Å². The second-order valence-corrected chi connectivity index (χ2v) is 8.19. The average Bonchev–Trinajstić information content (AvgIpc) is 3.35. The summed E-state index contributed by atoms with van der Waals surface area (Å²) in [5, 5.41) is 6.58. The summed E-state index contributed by atoms with van der Waals surface area (Å²) in [6.07, 6.45) is 5.09. The zero-order chi connectivity index (χ0) is 19.9. The third-order valence-electron chi connectivity index (χ3n) is 4.91. The number of rotatable bonds is 7. The first kappa shape index (κ1) is 23.7. The van der Waals surface area contributed by atoms with Gasteiger partial charge in [0.25, 0.3) is 0 Å². The number of aryl methyl sites for hydroxylation is 1. The Morgan fingerprint density at radius 3 is 2.69 bits per heavy atom. The van der Waals surface area contributed by atoms with E-state index in [1.165, 1.54) is 12.8 Å². The number of ether oxygens (including phenoxy) is 2. The van der Waals surface area contributed by atoms with Crippen molar-refractivity contribution in [2.45, 2.75) is 51.8 Å². The van der Waals surface area contributed by atoms with Crippen LogP contribution >= 0.6 is 35.3 Å². The van der Waals surface area contributed by atoms with Crippen molar-refractivity contribution in [2.24, 2.45) is 4.99 Å². The monoisotopic (exact) mass is 530 g/mol. The number of methoxy groups -OCH3 is 1. The molecule has 1 aromatic carbocycles. The lowest BCUT2D eigenvalue weighted by Crippen LogP contribution is -2.38. The number of aliphatic imine (C=N–C) groups is 1. The maximum Gasteiger partial charge on any atom is 0.194 e. The van der Waals surface area contributed by atoms with Gasteiger partial charge in [0.2, 0.25) is 0 Å². The van der Waals surface area contributed by atoms with Gasteiger partial charge in [-0.25, -0.2) is 4.98 Å². The summed E-state index contributed by atoms with van der Waals surface area (Å²) in [5.41, 5.74) is 2.18. The molecule has 0 unspecified atom stereocenters. The predicted molar refractivity (Wildman–Crippen MR) is 130 cm³/mol. The van der Waals surface area contributed by atoms with E-state index in [1.54, 1.807) is 25.5 Å². The van der Waals surface area contributed by atoms with Crippen molar-refractivity contribution in [3.63, 3.8) is 0 Å².